The first-order chi connectivity index (χ1) is 13.2. The second-order valence-corrected chi connectivity index (χ2v) is 6.49. The maximum absolute atomic E-state index is 5.97. The highest BCUT2D eigenvalue weighted by Gasteiger charge is 1.98. The van der Waals surface area contributed by atoms with E-state index < -0.39 is 0 Å². The molecule has 0 aliphatic carbocycles. The van der Waals surface area contributed by atoms with Crippen LogP contribution >= 0.6 is 24.0 Å². The number of anilines is 1. The van der Waals surface area contributed by atoms with E-state index in [1.165, 1.54) is 11.1 Å². The molecule has 0 bridgehead atoms. The Balaban J connectivity index is 0.00000280. The third kappa shape index (κ3) is 7.32. The first kappa shape index (κ1) is 21.9. The molecule has 0 saturated carbocycles. The minimum Gasteiger partial charge on any atom is -0.372 e. The van der Waals surface area contributed by atoms with Crippen molar-refractivity contribution in [3.63, 3.8) is 0 Å². The zero-order valence-electron chi connectivity index (χ0n) is 16.0. The van der Waals surface area contributed by atoms with Crippen LogP contribution < -0.4 is 11.1 Å². The first-order valence-corrected chi connectivity index (χ1v) is 9.02. The van der Waals surface area contributed by atoms with Gasteiger partial charge in [-0.15, -0.1) is 24.0 Å². The zero-order chi connectivity index (χ0) is 18.9. The van der Waals surface area contributed by atoms with Gasteiger partial charge in [-0.25, -0.2) is 4.99 Å². The molecule has 0 amide bonds. The molecule has 3 aromatic carbocycles. The van der Waals surface area contributed by atoms with Crippen molar-refractivity contribution in [1.29, 1.82) is 0 Å². The van der Waals surface area contributed by atoms with Gasteiger partial charge in [-0.3, -0.25) is 0 Å². The molecule has 5 heteroatoms. The predicted octanol–water partition coefficient (Wildman–Crippen LogP) is 5.26. The molecule has 28 heavy (non-hydrogen) atoms. The van der Waals surface area contributed by atoms with Gasteiger partial charge in [-0.1, -0.05) is 66.7 Å². The lowest BCUT2D eigenvalue weighted by atomic mass is 10.1. The Bertz CT molecular complexity index is 880. The van der Waals surface area contributed by atoms with Gasteiger partial charge in [0, 0.05) is 5.69 Å². The molecule has 3 aromatic rings. The van der Waals surface area contributed by atoms with Gasteiger partial charge in [-0.2, -0.15) is 0 Å². The van der Waals surface area contributed by atoms with Crippen molar-refractivity contribution < 1.29 is 4.74 Å². The third-order valence-corrected chi connectivity index (χ3v) is 4.13. The quantitative estimate of drug-likeness (QED) is 0.272. The van der Waals surface area contributed by atoms with Crippen LogP contribution in [0.4, 0.5) is 5.69 Å². The van der Waals surface area contributed by atoms with Crippen molar-refractivity contribution in [2.45, 2.75) is 26.7 Å². The Kier molecular flexibility index (Phi) is 8.97. The van der Waals surface area contributed by atoms with Gasteiger partial charge in [0.25, 0.3) is 0 Å². The average Bonchev–Trinajstić information content (AvgIpc) is 2.68. The summed E-state index contributed by atoms with van der Waals surface area (Å²) in [6.07, 6.45) is 0. The van der Waals surface area contributed by atoms with E-state index >= 15 is 0 Å². The standard InChI is InChI=1S/C23H25N3O.HI/c1-18-6-5-9-22(14-18)26-23(24)25-15-19-10-12-21(13-11-19)17-27-16-20-7-3-2-4-8-20;/h2-14H,15-17H2,1H3,(H3,24,25,26);1H. The third-order valence-electron chi connectivity index (χ3n) is 4.13. The lowest BCUT2D eigenvalue weighted by Gasteiger charge is -2.07. The SMILES string of the molecule is Cc1cccc(NC(N)=NCc2ccc(COCc3ccccc3)cc2)c1.I. The van der Waals surface area contributed by atoms with E-state index in [4.69, 9.17) is 10.5 Å². The highest BCUT2D eigenvalue weighted by atomic mass is 127. The van der Waals surface area contributed by atoms with Crippen LogP contribution in [0.25, 0.3) is 0 Å². The van der Waals surface area contributed by atoms with E-state index in [1.54, 1.807) is 0 Å². The summed E-state index contributed by atoms with van der Waals surface area (Å²) in [5.41, 5.74) is 11.5. The van der Waals surface area contributed by atoms with Gasteiger partial charge < -0.3 is 15.8 Å². The van der Waals surface area contributed by atoms with Gasteiger partial charge in [0.2, 0.25) is 0 Å². The number of halogens is 1. The second-order valence-electron chi connectivity index (χ2n) is 6.49. The highest BCUT2D eigenvalue weighted by molar-refractivity contribution is 14.0. The average molecular weight is 487 g/mol. The van der Waals surface area contributed by atoms with Crippen molar-refractivity contribution in [3.05, 3.63) is 101 Å². The normalized spacial score (nSPS) is 11.0. The van der Waals surface area contributed by atoms with Crippen LogP contribution in [0.2, 0.25) is 0 Å². The van der Waals surface area contributed by atoms with Crippen LogP contribution in [0.3, 0.4) is 0 Å². The van der Waals surface area contributed by atoms with Crippen LogP contribution in [0.5, 0.6) is 0 Å². The zero-order valence-corrected chi connectivity index (χ0v) is 18.3. The molecular weight excluding hydrogens is 461 g/mol. The minimum absolute atomic E-state index is 0. The molecule has 0 aliphatic heterocycles. The minimum atomic E-state index is 0. The Morgan fingerprint density at radius 3 is 2.18 bits per heavy atom. The molecule has 0 aromatic heterocycles. The monoisotopic (exact) mass is 487 g/mol. The number of nitrogens with two attached hydrogens (primary N) is 1. The number of nitrogens with one attached hydrogen (secondary N) is 1. The summed E-state index contributed by atoms with van der Waals surface area (Å²) < 4.78 is 5.76. The summed E-state index contributed by atoms with van der Waals surface area (Å²) >= 11 is 0. The van der Waals surface area contributed by atoms with Crippen LogP contribution in [-0.2, 0) is 24.5 Å². The number of hydrogen-bond acceptors (Lipinski definition) is 2. The summed E-state index contributed by atoms with van der Waals surface area (Å²) in [6.45, 7) is 3.79. The van der Waals surface area contributed by atoms with E-state index in [0.29, 0.717) is 25.7 Å². The molecule has 0 radical (unpaired) electrons. The van der Waals surface area contributed by atoms with E-state index in [2.05, 4.69) is 46.7 Å². The molecule has 0 saturated heterocycles. The van der Waals surface area contributed by atoms with E-state index in [-0.39, 0.29) is 24.0 Å². The fraction of sp³-hybridized carbons (Fsp3) is 0.174. The fourth-order valence-corrected chi connectivity index (χ4v) is 2.69. The van der Waals surface area contributed by atoms with E-state index in [1.807, 2.05) is 49.4 Å². The number of rotatable bonds is 7. The predicted molar refractivity (Wildman–Crippen MR) is 127 cm³/mol. The lowest BCUT2D eigenvalue weighted by molar-refractivity contribution is 0.107. The number of hydrogen-bond donors (Lipinski definition) is 2. The van der Waals surface area contributed by atoms with Crippen LogP contribution in [0, 0.1) is 6.92 Å². The van der Waals surface area contributed by atoms with E-state index in [9.17, 15) is 0 Å². The Labute approximate surface area is 183 Å². The molecule has 3 N–H and O–H groups in total. The Morgan fingerprint density at radius 2 is 1.50 bits per heavy atom. The number of aryl methyl sites for hydroxylation is 1. The lowest BCUT2D eigenvalue weighted by Crippen LogP contribution is -2.22. The van der Waals surface area contributed by atoms with Gasteiger partial charge >= 0.3 is 0 Å². The molecule has 0 fully saturated rings. The smallest absolute Gasteiger partial charge is 0.193 e. The number of benzene rings is 3. The molecule has 3 rings (SSSR count). The van der Waals surface area contributed by atoms with Gasteiger partial charge in [-0.05, 0) is 41.3 Å². The van der Waals surface area contributed by atoms with Crippen LogP contribution in [0.15, 0.2) is 83.9 Å². The summed E-state index contributed by atoms with van der Waals surface area (Å²) in [6, 6.07) is 26.5. The van der Waals surface area contributed by atoms with Crippen LogP contribution in [0.1, 0.15) is 22.3 Å². The Morgan fingerprint density at radius 1 is 0.857 bits per heavy atom. The molecule has 0 atom stereocenters. The van der Waals surface area contributed by atoms with Crippen molar-refractivity contribution in [1.82, 2.24) is 0 Å². The number of aliphatic imine (C=N–C) groups is 1. The summed E-state index contributed by atoms with van der Waals surface area (Å²) in [7, 11) is 0. The maximum Gasteiger partial charge on any atom is 0.193 e. The summed E-state index contributed by atoms with van der Waals surface area (Å²) in [4.78, 5) is 4.40. The topological polar surface area (TPSA) is 59.6 Å². The molecule has 0 unspecified atom stereocenters. The largest absolute Gasteiger partial charge is 0.372 e. The maximum atomic E-state index is 5.97. The molecule has 0 heterocycles. The number of guanidine groups is 1. The molecule has 0 aliphatic rings. The van der Waals surface area contributed by atoms with Gasteiger partial charge in [0.15, 0.2) is 5.96 Å². The molecule has 0 spiro atoms. The van der Waals surface area contributed by atoms with Crippen LogP contribution in [-0.4, -0.2) is 5.96 Å². The van der Waals surface area contributed by atoms with E-state index in [0.717, 1.165) is 16.8 Å². The molecule has 146 valence electrons. The fourth-order valence-electron chi connectivity index (χ4n) is 2.69. The molecule has 4 nitrogen and oxygen atoms in total. The van der Waals surface area contributed by atoms with Crippen molar-refractivity contribution in [3.8, 4) is 0 Å². The number of ether oxygens (including phenoxy) is 1. The van der Waals surface area contributed by atoms with Gasteiger partial charge in [0.05, 0.1) is 19.8 Å². The van der Waals surface area contributed by atoms with Crippen molar-refractivity contribution >= 4 is 35.6 Å². The van der Waals surface area contributed by atoms with Crippen molar-refractivity contribution in [2.24, 2.45) is 10.7 Å². The Hall–Kier alpha value is -2.38. The highest BCUT2D eigenvalue weighted by Crippen LogP contribution is 2.11. The first-order valence-electron chi connectivity index (χ1n) is 9.02. The summed E-state index contributed by atoms with van der Waals surface area (Å²) in [5.74, 6) is 0.413. The number of nitrogens with zero attached hydrogens (tertiary/aromatic N) is 1. The second kappa shape index (κ2) is 11.5. The summed E-state index contributed by atoms with van der Waals surface area (Å²) in [5, 5.41) is 3.12. The van der Waals surface area contributed by atoms with Crippen molar-refractivity contribution in [2.75, 3.05) is 5.32 Å². The van der Waals surface area contributed by atoms with Gasteiger partial charge in [0.1, 0.15) is 0 Å². The molecular formula is C23H26IN3O.